The van der Waals surface area contributed by atoms with Gasteiger partial charge >= 0.3 is 0 Å². The Kier molecular flexibility index (Phi) is 2.15. The molecule has 0 unspecified atom stereocenters. The number of hydrogen-bond donors (Lipinski definition) is 0. The molecule has 0 aliphatic heterocycles. The molecule has 0 radical (unpaired) electrons. The topological polar surface area (TPSA) is 34.1 Å². The standard InChI is InChI=1S/C15H10O2/c16-14-9-10-5-1-2-6-11(10)12-7-3-4-8-13(12)15(14)17/h1-8H,9H2. The number of rotatable bonds is 0. The third kappa shape index (κ3) is 1.49. The van der Waals surface area contributed by atoms with E-state index in [1.807, 2.05) is 36.4 Å². The molecule has 0 heterocycles. The van der Waals surface area contributed by atoms with E-state index in [1.54, 1.807) is 12.1 Å². The second-order valence-electron chi connectivity index (χ2n) is 4.13. The highest BCUT2D eigenvalue weighted by Crippen LogP contribution is 2.30. The molecule has 2 aromatic carbocycles. The number of Topliss-reactive ketones (excluding diaryl/α,β-unsaturated/α-hetero) is 2. The van der Waals surface area contributed by atoms with Gasteiger partial charge in [0.05, 0.1) is 0 Å². The predicted octanol–water partition coefficient (Wildman–Crippen LogP) is 2.66. The lowest BCUT2D eigenvalue weighted by Gasteiger charge is -2.06. The van der Waals surface area contributed by atoms with Crippen LogP contribution in [-0.4, -0.2) is 11.6 Å². The van der Waals surface area contributed by atoms with Gasteiger partial charge in [0.15, 0.2) is 0 Å². The summed E-state index contributed by atoms with van der Waals surface area (Å²) in [6.07, 6.45) is 0.198. The van der Waals surface area contributed by atoms with Crippen molar-refractivity contribution >= 4 is 11.6 Å². The number of ketones is 2. The zero-order chi connectivity index (χ0) is 11.8. The van der Waals surface area contributed by atoms with E-state index in [2.05, 4.69) is 0 Å². The Morgan fingerprint density at radius 2 is 1.29 bits per heavy atom. The minimum atomic E-state index is -0.378. The van der Waals surface area contributed by atoms with E-state index in [0.29, 0.717) is 5.56 Å². The van der Waals surface area contributed by atoms with Crippen LogP contribution in [0.1, 0.15) is 15.9 Å². The summed E-state index contributed by atoms with van der Waals surface area (Å²) in [6.45, 7) is 0. The minimum Gasteiger partial charge on any atom is -0.290 e. The lowest BCUT2D eigenvalue weighted by atomic mass is 9.97. The van der Waals surface area contributed by atoms with Crippen molar-refractivity contribution in [1.82, 2.24) is 0 Å². The van der Waals surface area contributed by atoms with Crippen LogP contribution in [0.2, 0.25) is 0 Å². The Labute approximate surface area is 98.9 Å². The van der Waals surface area contributed by atoms with Crippen LogP contribution < -0.4 is 0 Å². The summed E-state index contributed by atoms with van der Waals surface area (Å²) in [7, 11) is 0. The van der Waals surface area contributed by atoms with Crippen molar-refractivity contribution in [3.8, 4) is 11.1 Å². The highest BCUT2D eigenvalue weighted by atomic mass is 16.2. The third-order valence-corrected chi connectivity index (χ3v) is 3.08. The molecular weight excluding hydrogens is 212 g/mol. The van der Waals surface area contributed by atoms with Gasteiger partial charge in [0.25, 0.3) is 0 Å². The SMILES string of the molecule is O=C1Cc2ccccc2-c2ccccc2C1=O. The summed E-state index contributed by atoms with van der Waals surface area (Å²) >= 11 is 0. The third-order valence-electron chi connectivity index (χ3n) is 3.08. The molecule has 82 valence electrons. The maximum atomic E-state index is 12.0. The van der Waals surface area contributed by atoms with Crippen molar-refractivity contribution in [2.45, 2.75) is 6.42 Å². The summed E-state index contributed by atoms with van der Waals surface area (Å²) in [4.78, 5) is 23.7. The van der Waals surface area contributed by atoms with Gasteiger partial charge in [-0.15, -0.1) is 0 Å². The molecule has 2 heteroatoms. The van der Waals surface area contributed by atoms with Crippen molar-refractivity contribution in [3.63, 3.8) is 0 Å². The fraction of sp³-hybridized carbons (Fsp3) is 0.0667. The zero-order valence-electron chi connectivity index (χ0n) is 9.14. The van der Waals surface area contributed by atoms with Crippen LogP contribution in [0.3, 0.4) is 0 Å². The second-order valence-corrected chi connectivity index (χ2v) is 4.13. The molecule has 0 fully saturated rings. The molecule has 3 rings (SSSR count). The van der Waals surface area contributed by atoms with Gasteiger partial charge < -0.3 is 0 Å². The van der Waals surface area contributed by atoms with Crippen LogP contribution in [0, 0.1) is 0 Å². The minimum absolute atomic E-state index is 0.198. The molecule has 0 aromatic heterocycles. The Morgan fingerprint density at radius 3 is 2.06 bits per heavy atom. The van der Waals surface area contributed by atoms with Gasteiger partial charge in [-0.3, -0.25) is 9.59 Å². The average molecular weight is 222 g/mol. The van der Waals surface area contributed by atoms with Crippen LogP contribution in [0.4, 0.5) is 0 Å². The Morgan fingerprint density at radius 1 is 0.706 bits per heavy atom. The average Bonchev–Trinajstić information content (AvgIpc) is 2.48. The van der Waals surface area contributed by atoms with Gasteiger partial charge in [0, 0.05) is 12.0 Å². The van der Waals surface area contributed by atoms with E-state index in [-0.39, 0.29) is 18.0 Å². The molecule has 2 aromatic rings. The first-order chi connectivity index (χ1) is 8.27. The molecular formula is C15H10O2. The van der Waals surface area contributed by atoms with E-state index < -0.39 is 0 Å². The van der Waals surface area contributed by atoms with Crippen molar-refractivity contribution in [3.05, 3.63) is 59.7 Å². The largest absolute Gasteiger partial charge is 0.290 e. The van der Waals surface area contributed by atoms with Crippen molar-refractivity contribution in [1.29, 1.82) is 0 Å². The summed E-state index contributed by atoms with van der Waals surface area (Å²) in [5.74, 6) is -0.709. The number of carbonyl (C=O) groups excluding carboxylic acids is 2. The number of benzene rings is 2. The van der Waals surface area contributed by atoms with Crippen LogP contribution in [0.25, 0.3) is 11.1 Å². The Balaban J connectivity index is 2.37. The maximum Gasteiger partial charge on any atom is 0.229 e. The van der Waals surface area contributed by atoms with Gasteiger partial charge in [0.2, 0.25) is 11.6 Å². The first-order valence-electron chi connectivity index (χ1n) is 5.52. The lowest BCUT2D eigenvalue weighted by Crippen LogP contribution is -2.14. The van der Waals surface area contributed by atoms with Crippen LogP contribution in [0.15, 0.2) is 48.5 Å². The Hall–Kier alpha value is -2.22. The molecule has 0 saturated carbocycles. The fourth-order valence-corrected chi connectivity index (χ4v) is 2.26. The van der Waals surface area contributed by atoms with Gasteiger partial charge in [-0.25, -0.2) is 0 Å². The van der Waals surface area contributed by atoms with Gasteiger partial charge in [-0.05, 0) is 16.7 Å². The second kappa shape index (κ2) is 3.67. The van der Waals surface area contributed by atoms with E-state index in [4.69, 9.17) is 0 Å². The van der Waals surface area contributed by atoms with E-state index in [9.17, 15) is 9.59 Å². The van der Waals surface area contributed by atoms with E-state index >= 15 is 0 Å². The van der Waals surface area contributed by atoms with Gasteiger partial charge in [0.1, 0.15) is 0 Å². The summed E-state index contributed by atoms with van der Waals surface area (Å²) < 4.78 is 0. The number of carbonyl (C=O) groups is 2. The van der Waals surface area contributed by atoms with Crippen LogP contribution in [-0.2, 0) is 11.2 Å². The summed E-state index contributed by atoms with van der Waals surface area (Å²) in [5, 5.41) is 0. The van der Waals surface area contributed by atoms with Crippen molar-refractivity contribution in [2.24, 2.45) is 0 Å². The quantitative estimate of drug-likeness (QED) is 0.642. The van der Waals surface area contributed by atoms with Crippen molar-refractivity contribution in [2.75, 3.05) is 0 Å². The first kappa shape index (κ1) is 9.97. The smallest absolute Gasteiger partial charge is 0.229 e. The monoisotopic (exact) mass is 222 g/mol. The molecule has 2 nitrogen and oxygen atoms in total. The molecule has 0 N–H and O–H groups in total. The zero-order valence-corrected chi connectivity index (χ0v) is 9.14. The first-order valence-corrected chi connectivity index (χ1v) is 5.52. The van der Waals surface area contributed by atoms with Crippen LogP contribution in [0.5, 0.6) is 0 Å². The number of hydrogen-bond acceptors (Lipinski definition) is 2. The molecule has 0 atom stereocenters. The molecule has 0 saturated heterocycles. The Bertz CT molecular complexity index is 626. The molecule has 1 aliphatic carbocycles. The van der Waals surface area contributed by atoms with Crippen LogP contribution >= 0.6 is 0 Å². The lowest BCUT2D eigenvalue weighted by molar-refractivity contribution is -0.114. The maximum absolute atomic E-state index is 12.0. The summed E-state index contributed by atoms with van der Waals surface area (Å²) in [5.41, 5.74) is 3.29. The molecule has 0 spiro atoms. The van der Waals surface area contributed by atoms with Crippen molar-refractivity contribution < 1.29 is 9.59 Å². The highest BCUT2D eigenvalue weighted by molar-refractivity contribution is 6.45. The predicted molar refractivity (Wildman–Crippen MR) is 64.9 cm³/mol. The molecule has 17 heavy (non-hydrogen) atoms. The van der Waals surface area contributed by atoms with Gasteiger partial charge in [-0.2, -0.15) is 0 Å². The molecule has 1 aliphatic rings. The normalized spacial score (nSPS) is 13.9. The number of fused-ring (bicyclic) bond motifs is 3. The van der Waals surface area contributed by atoms with Gasteiger partial charge in [-0.1, -0.05) is 48.5 Å². The summed E-state index contributed by atoms with van der Waals surface area (Å²) in [6, 6.07) is 15.0. The molecule has 0 amide bonds. The molecule has 0 bridgehead atoms. The highest BCUT2D eigenvalue weighted by Gasteiger charge is 2.25. The van der Waals surface area contributed by atoms with E-state index in [1.165, 1.54) is 0 Å². The van der Waals surface area contributed by atoms with E-state index in [0.717, 1.165) is 16.7 Å². The fourth-order valence-electron chi connectivity index (χ4n) is 2.26.